The van der Waals surface area contributed by atoms with Crippen molar-refractivity contribution >= 4 is 103 Å². The van der Waals surface area contributed by atoms with Gasteiger partial charge in [-0.3, -0.25) is 43.7 Å². The Kier molecular flexibility index (Phi) is 25.0. The number of nitrogens with one attached hydrogen (secondary N) is 5. The van der Waals surface area contributed by atoms with E-state index in [2.05, 4.69) is 45.4 Å². The molecule has 5 fully saturated rings. The van der Waals surface area contributed by atoms with E-state index >= 15 is 0 Å². The summed E-state index contributed by atoms with van der Waals surface area (Å²) < 4.78 is 27.0. The SMILES string of the molecule is Cc1c(-c2ccc(-c3ccc4cccc(C(=O)Nc5nc6ccccc6s5)c4c3)nc2C(=O)O)cnn1CC12CC3(C)CC(C)(C1)CC(OCCN(CCCO[C@H]1O[C@@H](C(=O)O)[C@H](O)C(O)[C@@H]1O)C(=O)OCc1ccc(NC(=O)[C@H](/C=C/CNC(N)=O)NC(=O)[C@@H](NC(=O)CCCCCN4C(=O)C=CC4=O)C(C)C)cc1)(C3)C2. The number of fused-ring (bicyclic) bond motifs is 2. The number of carbonyl (C=O) groups is 10. The van der Waals surface area contributed by atoms with E-state index in [0.29, 0.717) is 76.3 Å². The van der Waals surface area contributed by atoms with Crippen LogP contribution in [0, 0.1) is 29.1 Å². The molecule has 2 aliphatic heterocycles. The Balaban J connectivity index is 0.698. The molecule has 0 radical (unpaired) electrons. The molecule has 9 amide bonds. The molecule has 113 heavy (non-hydrogen) atoms. The minimum Gasteiger partial charge on any atom is -0.479 e. The summed E-state index contributed by atoms with van der Waals surface area (Å²) in [5.74, 6) is -6.14. The van der Waals surface area contributed by atoms with E-state index in [-0.39, 0.29) is 104 Å². The van der Waals surface area contributed by atoms with Crippen molar-refractivity contribution in [3.8, 4) is 22.4 Å². The number of aliphatic hydroxyl groups is 3. The number of carboxylic acids is 2. The van der Waals surface area contributed by atoms with Crippen LogP contribution < -0.4 is 32.3 Å². The number of anilines is 2. The number of amides is 9. The Labute approximate surface area is 654 Å². The number of imide groups is 1. The Bertz CT molecular complexity index is 4780. The van der Waals surface area contributed by atoms with Crippen molar-refractivity contribution in [1.82, 2.24) is 45.5 Å². The predicted molar refractivity (Wildman–Crippen MR) is 414 cm³/mol. The van der Waals surface area contributed by atoms with E-state index in [1.54, 1.807) is 68.6 Å². The number of aromatic carboxylic acids is 1. The zero-order chi connectivity index (χ0) is 80.7. The molecule has 1 saturated heterocycles. The third-order valence-electron chi connectivity index (χ3n) is 21.6. The summed E-state index contributed by atoms with van der Waals surface area (Å²) in [6.45, 7) is 10.3. The van der Waals surface area contributed by atoms with Crippen molar-refractivity contribution in [2.24, 2.45) is 27.9 Å². The topological polar surface area (TPSA) is 445 Å². The average molecular weight is 1570 g/mol. The molecule has 598 valence electrons. The summed E-state index contributed by atoms with van der Waals surface area (Å²) in [6, 6.07) is 25.3. The summed E-state index contributed by atoms with van der Waals surface area (Å²) in [4.78, 5) is 141. The molecule has 0 spiro atoms. The molecule has 31 nitrogen and oxygen atoms in total. The molecular formula is C81H94N12O19S. The summed E-state index contributed by atoms with van der Waals surface area (Å²) in [6.07, 6.45) is 3.45. The third kappa shape index (κ3) is 19.3. The van der Waals surface area contributed by atoms with Gasteiger partial charge in [0.25, 0.3) is 23.6 Å². The number of carbonyl (C=O) groups excluding carboxylic acids is 8. The van der Waals surface area contributed by atoms with Crippen molar-refractivity contribution in [1.29, 1.82) is 0 Å². The van der Waals surface area contributed by atoms with Crippen molar-refractivity contribution in [2.75, 3.05) is 50.0 Å². The van der Waals surface area contributed by atoms with Crippen molar-refractivity contribution in [3.05, 3.63) is 150 Å². The number of aliphatic carboxylic acids is 1. The Morgan fingerprint density at radius 2 is 1.51 bits per heavy atom. The highest BCUT2D eigenvalue weighted by molar-refractivity contribution is 7.22. The minimum atomic E-state index is -1.93. The highest BCUT2D eigenvalue weighted by Crippen LogP contribution is 2.72. The van der Waals surface area contributed by atoms with Gasteiger partial charge in [-0.1, -0.05) is 106 Å². The second-order valence-electron chi connectivity index (χ2n) is 31.2. The smallest absolute Gasteiger partial charge is 0.410 e. The number of thiazole rings is 1. The molecule has 12 N–H and O–H groups in total. The van der Waals surface area contributed by atoms with Gasteiger partial charge in [-0.25, -0.2) is 29.1 Å². The fourth-order valence-corrected chi connectivity index (χ4v) is 18.3. The lowest BCUT2D eigenvalue weighted by Crippen LogP contribution is -2.64. The van der Waals surface area contributed by atoms with E-state index in [1.807, 2.05) is 60.1 Å². The van der Waals surface area contributed by atoms with Gasteiger partial charge in [-0.05, 0) is 152 Å². The molecule has 6 aliphatic rings. The molecule has 4 bridgehead atoms. The zero-order valence-corrected chi connectivity index (χ0v) is 64.1. The number of pyridine rings is 1. The quantitative estimate of drug-likeness (QED) is 0.0103. The first kappa shape index (κ1) is 81.6. The number of carboxylic acid groups (broad SMARTS) is 2. The van der Waals surface area contributed by atoms with Gasteiger partial charge < -0.3 is 76.4 Å². The van der Waals surface area contributed by atoms with E-state index in [9.17, 15) is 73.5 Å². The number of hydrogen-bond acceptors (Lipinski definition) is 21. The van der Waals surface area contributed by atoms with Gasteiger partial charge in [0.15, 0.2) is 23.2 Å². The van der Waals surface area contributed by atoms with Gasteiger partial charge in [-0.2, -0.15) is 5.10 Å². The molecule has 5 heterocycles. The average Bonchev–Trinajstić information content (AvgIpc) is 1.30. The Morgan fingerprint density at radius 1 is 0.770 bits per heavy atom. The second kappa shape index (κ2) is 34.6. The number of primary amides is 1. The number of ether oxygens (including phenoxy) is 4. The molecule has 13 rings (SSSR count). The number of hydrogen-bond donors (Lipinski definition) is 11. The molecule has 9 atom stereocenters. The van der Waals surface area contributed by atoms with E-state index < -0.39 is 96.1 Å². The normalized spacial score (nSPS) is 23.5. The second-order valence-corrected chi connectivity index (χ2v) is 32.2. The molecule has 32 heteroatoms. The van der Waals surface area contributed by atoms with E-state index in [1.165, 1.54) is 40.5 Å². The molecule has 4 aromatic carbocycles. The summed E-state index contributed by atoms with van der Waals surface area (Å²) >= 11 is 1.37. The van der Waals surface area contributed by atoms with Crippen LogP contribution in [0.15, 0.2) is 128 Å². The first-order chi connectivity index (χ1) is 53.9. The number of unbranched alkanes of at least 4 members (excludes halogenated alkanes) is 2. The largest absolute Gasteiger partial charge is 0.479 e. The third-order valence-corrected chi connectivity index (χ3v) is 22.6. The molecule has 4 saturated carbocycles. The maximum Gasteiger partial charge on any atom is 0.410 e. The maximum absolute atomic E-state index is 14.4. The Morgan fingerprint density at radius 3 is 2.22 bits per heavy atom. The van der Waals surface area contributed by atoms with E-state index in [4.69, 9.17) is 34.8 Å². The number of benzene rings is 4. The standard InChI is InChI=1S/C81H94N12O19S/c1-46(2)63(89-60(94)19-7-6-10-32-92-61(95)28-29-62(92)96)71(102)87-58(17-12-30-83-75(82)107)70(101)85-51-24-20-48(21-25-51)38-110-77(108)91(31-13-34-109-74-67(99)65(97)66(98)68(112-74)73(105)106)33-35-111-81-42-78(4)39-79(5,43-81)41-80(40-78,44-81)45-93-47(3)55(37-84-93)52-26-27-56(86-64(52)72(103)104)50-23-22-49-14-11-15-53(54(49)36-50)69(100)90-76-88-57-16-8-9-18-59(57)113-76/h8-9,11-12,14-18,20-29,36-37,46,58,63,65-68,74,97-99H,6-7,10,13,19,30-35,38-45H2,1-5H3,(H,85,101)(H,87,102)(H,89,94)(H,103,104)(H,105,106)(H3,82,83,107)(H,88,90,100)/b17-12+/t58-,63-,65?,66+,67-,68+,74-,78?,79?,80?,81?/m0/s1. The lowest BCUT2D eigenvalue weighted by Gasteiger charge is -2.69. The minimum absolute atomic E-state index is 0.00179. The number of urea groups is 1. The summed E-state index contributed by atoms with van der Waals surface area (Å²) in [7, 11) is 0. The fraction of sp³-hybridized carbons (Fsp3) is 0.444. The van der Waals surface area contributed by atoms with Crippen LogP contribution in [-0.2, 0) is 60.9 Å². The highest BCUT2D eigenvalue weighted by atomic mass is 32.1. The predicted octanol–water partition coefficient (Wildman–Crippen LogP) is 7.98. The molecular weight excluding hydrogens is 1480 g/mol. The highest BCUT2D eigenvalue weighted by Gasteiger charge is 2.66. The number of para-hydroxylation sites is 1. The molecule has 4 aliphatic carbocycles. The number of nitrogens with zero attached hydrogens (tertiary/aromatic N) is 6. The van der Waals surface area contributed by atoms with Crippen LogP contribution in [0.5, 0.6) is 0 Å². The van der Waals surface area contributed by atoms with Crippen LogP contribution in [0.4, 0.5) is 20.4 Å². The summed E-state index contributed by atoms with van der Waals surface area (Å²) in [5, 5.41) is 72.3. The number of nitrogens with two attached hydrogens (primary N) is 1. The fourth-order valence-electron chi connectivity index (χ4n) is 17.5. The first-order valence-electron chi connectivity index (χ1n) is 37.7. The maximum atomic E-state index is 14.4. The Hall–Kier alpha value is -10.9. The number of rotatable bonds is 34. The lowest BCUT2D eigenvalue weighted by atomic mass is 9.39. The van der Waals surface area contributed by atoms with Gasteiger partial charge in [0, 0.05) is 84.9 Å². The number of aromatic nitrogens is 4. The van der Waals surface area contributed by atoms with Crippen LogP contribution in [-0.4, -0.2) is 202 Å². The summed E-state index contributed by atoms with van der Waals surface area (Å²) in [5.41, 5.74) is 8.61. The van der Waals surface area contributed by atoms with Crippen LogP contribution in [0.25, 0.3) is 43.4 Å². The molecule has 3 unspecified atom stereocenters. The van der Waals surface area contributed by atoms with Gasteiger partial charge >= 0.3 is 24.1 Å². The zero-order valence-electron chi connectivity index (χ0n) is 63.3. The van der Waals surface area contributed by atoms with Crippen LogP contribution in [0.3, 0.4) is 0 Å². The van der Waals surface area contributed by atoms with Crippen LogP contribution >= 0.6 is 11.3 Å². The van der Waals surface area contributed by atoms with Crippen molar-refractivity contribution < 1.29 is 92.4 Å². The molecule has 3 aromatic heterocycles. The van der Waals surface area contributed by atoms with Gasteiger partial charge in [0.1, 0.15) is 37.0 Å². The number of aliphatic hydroxyl groups excluding tert-OH is 3. The monoisotopic (exact) mass is 1570 g/mol. The van der Waals surface area contributed by atoms with Gasteiger partial charge in [0.2, 0.25) is 11.8 Å². The van der Waals surface area contributed by atoms with Crippen LogP contribution in [0.1, 0.15) is 130 Å². The molecule has 7 aromatic rings. The first-order valence-corrected chi connectivity index (χ1v) is 38.5. The van der Waals surface area contributed by atoms with Gasteiger partial charge in [0.05, 0.1) is 40.9 Å². The van der Waals surface area contributed by atoms with Gasteiger partial charge in [-0.15, -0.1) is 0 Å². The lowest BCUT2D eigenvalue weighted by molar-refractivity contribution is -0.294. The van der Waals surface area contributed by atoms with Crippen molar-refractivity contribution in [2.45, 2.75) is 167 Å². The van der Waals surface area contributed by atoms with E-state index in [0.717, 1.165) is 58.3 Å². The van der Waals surface area contributed by atoms with Crippen LogP contribution in [0.2, 0.25) is 0 Å². The van der Waals surface area contributed by atoms with Crippen molar-refractivity contribution in [3.63, 3.8) is 0 Å².